The minimum atomic E-state index is -1.01. The van der Waals surface area contributed by atoms with Gasteiger partial charge in [-0.15, -0.1) is 0 Å². The van der Waals surface area contributed by atoms with Gasteiger partial charge in [-0.05, 0) is 24.1 Å². The minimum Gasteiger partial charge on any atom is -0.501 e. The van der Waals surface area contributed by atoms with Crippen molar-refractivity contribution in [1.82, 2.24) is 0 Å². The van der Waals surface area contributed by atoms with Gasteiger partial charge in [0.05, 0.1) is 26.2 Å². The fourth-order valence-electron chi connectivity index (χ4n) is 2.42. The van der Waals surface area contributed by atoms with E-state index in [4.69, 9.17) is 9.47 Å². The highest BCUT2D eigenvalue weighted by molar-refractivity contribution is 6.08. The van der Waals surface area contributed by atoms with Crippen LogP contribution in [0.3, 0.4) is 0 Å². The first-order valence-corrected chi connectivity index (χ1v) is 7.04. The topological polar surface area (TPSA) is 55.8 Å². The van der Waals surface area contributed by atoms with E-state index in [0.29, 0.717) is 23.5 Å². The van der Waals surface area contributed by atoms with E-state index in [-0.39, 0.29) is 11.4 Å². The molecule has 0 aliphatic heterocycles. The monoisotopic (exact) mass is 300 g/mol. The number of carbonyl (C=O) groups excluding carboxylic acids is 1. The summed E-state index contributed by atoms with van der Waals surface area (Å²) in [7, 11) is 3.03. The number of benzene rings is 1. The lowest BCUT2D eigenvalue weighted by atomic mass is 9.90. The number of aliphatic hydroxyl groups excluding tert-OH is 1. The van der Waals surface area contributed by atoms with Crippen LogP contribution in [-0.4, -0.2) is 31.2 Å². The van der Waals surface area contributed by atoms with E-state index in [1.165, 1.54) is 13.2 Å². The standard InChI is InChI=1S/C18H20O4/c1-12-15(21-2)11-16(22-3)17(18(12)20)14(19)10-9-13-7-5-4-6-8-13/h4-10,18,20H,11H2,1-3H3. The van der Waals surface area contributed by atoms with Crippen molar-refractivity contribution in [3.8, 4) is 0 Å². The molecule has 0 radical (unpaired) electrons. The number of ketones is 1. The van der Waals surface area contributed by atoms with Gasteiger partial charge in [-0.2, -0.15) is 0 Å². The third kappa shape index (κ3) is 3.28. The smallest absolute Gasteiger partial charge is 0.188 e. The highest BCUT2D eigenvalue weighted by atomic mass is 16.5. The summed E-state index contributed by atoms with van der Waals surface area (Å²) < 4.78 is 10.5. The fourth-order valence-corrected chi connectivity index (χ4v) is 2.42. The number of aliphatic hydroxyl groups is 1. The Hall–Kier alpha value is -2.33. The van der Waals surface area contributed by atoms with Gasteiger partial charge in [-0.3, -0.25) is 4.79 Å². The van der Waals surface area contributed by atoms with Crippen molar-refractivity contribution in [2.75, 3.05) is 14.2 Å². The zero-order chi connectivity index (χ0) is 16.1. The van der Waals surface area contributed by atoms with Crippen LogP contribution < -0.4 is 0 Å². The average Bonchev–Trinajstić information content (AvgIpc) is 2.55. The van der Waals surface area contributed by atoms with E-state index in [1.54, 1.807) is 20.1 Å². The molecular weight excluding hydrogens is 280 g/mol. The Morgan fingerprint density at radius 3 is 2.41 bits per heavy atom. The molecule has 0 saturated carbocycles. The summed E-state index contributed by atoms with van der Waals surface area (Å²) in [5.41, 5.74) is 1.83. The number of hydrogen-bond donors (Lipinski definition) is 1. The Bertz CT molecular complexity index is 638. The number of methoxy groups -OCH3 is 2. The van der Waals surface area contributed by atoms with Gasteiger partial charge in [0, 0.05) is 0 Å². The van der Waals surface area contributed by atoms with E-state index in [2.05, 4.69) is 0 Å². The molecule has 0 spiro atoms. The van der Waals surface area contributed by atoms with Crippen molar-refractivity contribution in [2.45, 2.75) is 19.4 Å². The second-order valence-corrected chi connectivity index (χ2v) is 5.04. The molecule has 0 amide bonds. The van der Waals surface area contributed by atoms with Crippen LogP contribution in [0.2, 0.25) is 0 Å². The van der Waals surface area contributed by atoms with Crippen LogP contribution in [0.5, 0.6) is 0 Å². The van der Waals surface area contributed by atoms with Crippen LogP contribution in [0.1, 0.15) is 18.9 Å². The molecule has 1 atom stereocenters. The molecule has 4 nitrogen and oxygen atoms in total. The van der Waals surface area contributed by atoms with Gasteiger partial charge < -0.3 is 14.6 Å². The lowest BCUT2D eigenvalue weighted by Gasteiger charge is -2.25. The van der Waals surface area contributed by atoms with Crippen LogP contribution in [0.25, 0.3) is 6.08 Å². The summed E-state index contributed by atoms with van der Waals surface area (Å²) >= 11 is 0. The molecule has 0 aromatic heterocycles. The molecule has 0 saturated heterocycles. The van der Waals surface area contributed by atoms with Gasteiger partial charge in [0.1, 0.15) is 17.6 Å². The highest BCUT2D eigenvalue weighted by Crippen LogP contribution is 2.31. The molecule has 1 aliphatic rings. The number of carbonyl (C=O) groups is 1. The summed E-state index contributed by atoms with van der Waals surface area (Å²) in [5, 5.41) is 10.4. The second kappa shape index (κ2) is 7.09. The van der Waals surface area contributed by atoms with Gasteiger partial charge >= 0.3 is 0 Å². The minimum absolute atomic E-state index is 0.261. The summed E-state index contributed by atoms with van der Waals surface area (Å²) in [5.74, 6) is 0.813. The zero-order valence-corrected chi connectivity index (χ0v) is 13.0. The van der Waals surface area contributed by atoms with Crippen molar-refractivity contribution in [3.05, 3.63) is 64.6 Å². The predicted molar refractivity (Wildman–Crippen MR) is 84.9 cm³/mol. The Labute approximate surface area is 130 Å². The zero-order valence-electron chi connectivity index (χ0n) is 13.0. The van der Waals surface area contributed by atoms with E-state index in [1.807, 2.05) is 30.3 Å². The first kappa shape index (κ1) is 16.0. The summed E-state index contributed by atoms with van der Waals surface area (Å²) in [6.45, 7) is 1.75. The number of hydrogen-bond acceptors (Lipinski definition) is 4. The average molecular weight is 300 g/mol. The maximum Gasteiger partial charge on any atom is 0.188 e. The SMILES string of the molecule is COC1=C(C)C(O)C(C(=O)C=Cc2ccccc2)=C(OC)C1. The van der Waals surface area contributed by atoms with E-state index in [0.717, 1.165) is 5.56 Å². The van der Waals surface area contributed by atoms with Gasteiger partial charge in [0.25, 0.3) is 0 Å². The van der Waals surface area contributed by atoms with Gasteiger partial charge in [0.2, 0.25) is 0 Å². The Morgan fingerprint density at radius 1 is 1.18 bits per heavy atom. The van der Waals surface area contributed by atoms with Gasteiger partial charge in [-0.25, -0.2) is 0 Å². The van der Waals surface area contributed by atoms with E-state index >= 15 is 0 Å². The second-order valence-electron chi connectivity index (χ2n) is 5.04. The molecule has 1 aromatic carbocycles. The summed E-state index contributed by atoms with van der Waals surface area (Å²) in [6, 6.07) is 9.52. The molecule has 116 valence electrons. The molecule has 1 N–H and O–H groups in total. The molecule has 0 heterocycles. The van der Waals surface area contributed by atoms with E-state index < -0.39 is 6.10 Å². The first-order chi connectivity index (χ1) is 10.6. The molecule has 0 bridgehead atoms. The van der Waals surface area contributed by atoms with Crippen molar-refractivity contribution in [3.63, 3.8) is 0 Å². The molecular formula is C18H20O4. The maximum absolute atomic E-state index is 12.4. The molecule has 4 heteroatoms. The van der Waals surface area contributed by atoms with Gasteiger partial charge in [0.15, 0.2) is 5.78 Å². The lowest BCUT2D eigenvalue weighted by molar-refractivity contribution is -0.112. The normalized spacial score (nSPS) is 18.8. The largest absolute Gasteiger partial charge is 0.501 e. The third-order valence-electron chi connectivity index (χ3n) is 3.73. The molecule has 1 unspecified atom stereocenters. The van der Waals surface area contributed by atoms with Crippen LogP contribution in [0.4, 0.5) is 0 Å². The number of ether oxygens (including phenoxy) is 2. The van der Waals surface area contributed by atoms with Crippen molar-refractivity contribution < 1.29 is 19.4 Å². The Morgan fingerprint density at radius 2 is 1.82 bits per heavy atom. The van der Waals surface area contributed by atoms with Crippen LogP contribution >= 0.6 is 0 Å². The predicted octanol–water partition coefficient (Wildman–Crippen LogP) is 2.85. The number of allylic oxidation sites excluding steroid dienone is 1. The van der Waals surface area contributed by atoms with E-state index in [9.17, 15) is 9.90 Å². The van der Waals surface area contributed by atoms with Gasteiger partial charge in [-0.1, -0.05) is 36.4 Å². The van der Waals surface area contributed by atoms with Crippen molar-refractivity contribution in [2.24, 2.45) is 0 Å². The third-order valence-corrected chi connectivity index (χ3v) is 3.73. The fraction of sp³-hybridized carbons (Fsp3) is 0.278. The molecule has 1 aromatic rings. The molecule has 1 aliphatic carbocycles. The highest BCUT2D eigenvalue weighted by Gasteiger charge is 2.31. The molecule has 0 fully saturated rings. The van der Waals surface area contributed by atoms with Crippen LogP contribution in [-0.2, 0) is 14.3 Å². The number of rotatable bonds is 5. The Kier molecular flexibility index (Phi) is 5.17. The summed E-state index contributed by atoms with van der Waals surface area (Å²) in [6.07, 6.45) is 2.54. The molecule has 22 heavy (non-hydrogen) atoms. The van der Waals surface area contributed by atoms with Crippen molar-refractivity contribution >= 4 is 11.9 Å². The summed E-state index contributed by atoms with van der Waals surface area (Å²) in [4.78, 5) is 12.4. The quantitative estimate of drug-likeness (QED) is 0.850. The van der Waals surface area contributed by atoms with Crippen LogP contribution in [0, 0.1) is 0 Å². The maximum atomic E-state index is 12.4. The lowest BCUT2D eigenvalue weighted by Crippen LogP contribution is -2.26. The molecule has 2 rings (SSSR count). The van der Waals surface area contributed by atoms with Crippen molar-refractivity contribution in [1.29, 1.82) is 0 Å². The first-order valence-electron chi connectivity index (χ1n) is 7.04. The van der Waals surface area contributed by atoms with Crippen LogP contribution in [0.15, 0.2) is 59.1 Å². The Balaban J connectivity index is 2.27.